The summed E-state index contributed by atoms with van der Waals surface area (Å²) in [5.74, 6) is -1.22. The number of fused-ring (bicyclic) bond motifs is 1. The number of rotatable bonds is 9. The molecule has 0 radical (unpaired) electrons. The van der Waals surface area contributed by atoms with E-state index in [1.807, 2.05) is 27.7 Å². The lowest BCUT2D eigenvalue weighted by molar-refractivity contribution is -0.135. The summed E-state index contributed by atoms with van der Waals surface area (Å²) in [6, 6.07) is 6.46. The van der Waals surface area contributed by atoms with Crippen molar-refractivity contribution in [2.24, 2.45) is 0 Å². The molecule has 2 aromatic rings. The zero-order chi connectivity index (χ0) is 27.7. The number of hydrogen-bond donors (Lipinski definition) is 4. The van der Waals surface area contributed by atoms with E-state index in [9.17, 15) is 24.6 Å². The number of carbonyl (C=O) groups is 3. The molecule has 0 bridgehead atoms. The van der Waals surface area contributed by atoms with Crippen LogP contribution < -0.4 is 15.0 Å². The maximum atomic E-state index is 13.4. The monoisotopic (exact) mass is 510 g/mol. The summed E-state index contributed by atoms with van der Waals surface area (Å²) >= 11 is 0. The molecule has 4 N–H and O–H groups in total. The van der Waals surface area contributed by atoms with Gasteiger partial charge in [-0.3, -0.25) is 19.8 Å². The van der Waals surface area contributed by atoms with Crippen LogP contribution in [0.2, 0.25) is 0 Å². The second-order valence-electron chi connectivity index (χ2n) is 10.0. The van der Waals surface area contributed by atoms with Crippen molar-refractivity contribution in [3.63, 3.8) is 0 Å². The highest BCUT2D eigenvalue weighted by atomic mass is 16.5. The maximum absolute atomic E-state index is 13.4. The fourth-order valence-electron chi connectivity index (χ4n) is 4.35. The molecule has 198 valence electrons. The van der Waals surface area contributed by atoms with E-state index in [2.05, 4.69) is 5.32 Å². The standard InChI is InChI=1S/C27H34N4O6/c1-7-37-22-10-16-12-31(25(28)17(16)11-18(22)26(36)29-5)13-21(32)15-8-19(27(2,3)4)24(35)20(9-15)30(6)14-23(33)34/h8-11,28,35H,7,12-14H2,1-6H3,(H,29,36)(H,33,34). The Kier molecular flexibility index (Phi) is 7.80. The molecule has 37 heavy (non-hydrogen) atoms. The number of benzene rings is 2. The topological polar surface area (TPSA) is 143 Å². The number of amides is 1. The molecule has 0 aromatic heterocycles. The van der Waals surface area contributed by atoms with Crippen LogP contribution in [0.4, 0.5) is 5.69 Å². The van der Waals surface area contributed by atoms with Gasteiger partial charge in [0.05, 0.1) is 24.4 Å². The average molecular weight is 511 g/mol. The van der Waals surface area contributed by atoms with Crippen LogP contribution in [0.1, 0.15) is 65.1 Å². The lowest BCUT2D eigenvalue weighted by Gasteiger charge is -2.27. The molecule has 0 spiro atoms. The lowest BCUT2D eigenvalue weighted by atomic mass is 9.84. The molecule has 10 heteroatoms. The van der Waals surface area contributed by atoms with Crippen molar-refractivity contribution in [3.05, 3.63) is 52.1 Å². The Labute approximate surface area is 216 Å². The maximum Gasteiger partial charge on any atom is 0.323 e. The molecule has 1 aliphatic heterocycles. The second kappa shape index (κ2) is 10.5. The minimum atomic E-state index is -1.07. The largest absolute Gasteiger partial charge is 0.505 e. The van der Waals surface area contributed by atoms with E-state index in [4.69, 9.17) is 10.1 Å². The Morgan fingerprint density at radius 3 is 2.43 bits per heavy atom. The van der Waals surface area contributed by atoms with Gasteiger partial charge in [-0.15, -0.1) is 0 Å². The minimum Gasteiger partial charge on any atom is -0.505 e. The fraction of sp³-hybridized carbons (Fsp3) is 0.407. The van der Waals surface area contributed by atoms with Gasteiger partial charge in [-0.25, -0.2) is 0 Å². The molecular formula is C27H34N4O6. The summed E-state index contributed by atoms with van der Waals surface area (Å²) in [6.45, 7) is 7.71. The number of Topliss-reactive ketones (excluding diaryl/α,β-unsaturated/α-hetero) is 1. The summed E-state index contributed by atoms with van der Waals surface area (Å²) in [7, 11) is 3.06. The number of carbonyl (C=O) groups excluding carboxylic acids is 2. The van der Waals surface area contributed by atoms with Crippen LogP contribution in [0.25, 0.3) is 0 Å². The molecule has 10 nitrogen and oxygen atoms in total. The van der Waals surface area contributed by atoms with E-state index < -0.39 is 11.4 Å². The average Bonchev–Trinajstić information content (AvgIpc) is 3.11. The van der Waals surface area contributed by atoms with Crippen LogP contribution in [0, 0.1) is 5.41 Å². The number of ether oxygens (including phenoxy) is 1. The number of nitrogens with zero attached hydrogens (tertiary/aromatic N) is 2. The highest BCUT2D eigenvalue weighted by molar-refractivity contribution is 6.08. The van der Waals surface area contributed by atoms with Gasteiger partial charge in [0.15, 0.2) is 5.78 Å². The smallest absolute Gasteiger partial charge is 0.323 e. The minimum absolute atomic E-state index is 0.0701. The SMILES string of the molecule is CCOc1cc2c(cc1C(=O)NC)C(=N)N(CC(=O)c1cc(N(C)CC(=O)O)c(O)c(C(C)(C)C)c1)C2. The third kappa shape index (κ3) is 5.68. The van der Waals surface area contributed by atoms with Gasteiger partial charge in [-0.05, 0) is 42.2 Å². The van der Waals surface area contributed by atoms with E-state index in [1.165, 1.54) is 25.1 Å². The van der Waals surface area contributed by atoms with Crippen molar-refractivity contribution in [1.82, 2.24) is 10.2 Å². The molecule has 2 aromatic carbocycles. The number of aliphatic carboxylic acids is 1. The number of ketones is 1. The summed E-state index contributed by atoms with van der Waals surface area (Å²) in [6.07, 6.45) is 0. The number of phenols is 1. The number of aromatic hydroxyl groups is 1. The number of likely N-dealkylation sites (N-methyl/N-ethyl adjacent to an activating group) is 1. The van der Waals surface area contributed by atoms with E-state index in [1.54, 1.807) is 23.1 Å². The van der Waals surface area contributed by atoms with Crippen molar-refractivity contribution < 1.29 is 29.3 Å². The molecule has 0 saturated carbocycles. The molecule has 1 amide bonds. The Balaban J connectivity index is 1.95. The zero-order valence-electron chi connectivity index (χ0n) is 22.1. The predicted molar refractivity (Wildman–Crippen MR) is 140 cm³/mol. The first kappa shape index (κ1) is 27.5. The van der Waals surface area contributed by atoms with Crippen molar-refractivity contribution in [2.45, 2.75) is 39.7 Å². The first-order chi connectivity index (χ1) is 17.3. The molecule has 0 unspecified atom stereocenters. The number of carboxylic acid groups (broad SMARTS) is 1. The third-order valence-electron chi connectivity index (χ3n) is 6.25. The highest BCUT2D eigenvalue weighted by Gasteiger charge is 2.30. The van der Waals surface area contributed by atoms with E-state index in [0.29, 0.717) is 41.2 Å². The van der Waals surface area contributed by atoms with Crippen LogP contribution in [0.3, 0.4) is 0 Å². The molecule has 1 aliphatic rings. The first-order valence-electron chi connectivity index (χ1n) is 12.0. The lowest BCUT2D eigenvalue weighted by Crippen LogP contribution is -2.31. The fourth-order valence-corrected chi connectivity index (χ4v) is 4.35. The van der Waals surface area contributed by atoms with Gasteiger partial charge in [0.2, 0.25) is 0 Å². The van der Waals surface area contributed by atoms with Crippen molar-refractivity contribution in [1.29, 1.82) is 5.41 Å². The van der Waals surface area contributed by atoms with E-state index in [0.717, 1.165) is 5.56 Å². The molecule has 0 atom stereocenters. The van der Waals surface area contributed by atoms with Gasteiger partial charge < -0.3 is 30.1 Å². The van der Waals surface area contributed by atoms with Crippen LogP contribution in [-0.4, -0.2) is 72.4 Å². The Morgan fingerprint density at radius 2 is 1.86 bits per heavy atom. The van der Waals surface area contributed by atoms with Gasteiger partial charge in [-0.2, -0.15) is 0 Å². The molecule has 0 saturated heterocycles. The Bertz CT molecular complexity index is 1260. The summed E-state index contributed by atoms with van der Waals surface area (Å²) in [5.41, 5.74) is 2.20. The van der Waals surface area contributed by atoms with Crippen molar-refractivity contribution in [2.75, 3.05) is 38.7 Å². The number of carboxylic acids is 1. The Morgan fingerprint density at radius 1 is 1.19 bits per heavy atom. The molecule has 0 aliphatic carbocycles. The number of anilines is 1. The van der Waals surface area contributed by atoms with E-state index >= 15 is 0 Å². The van der Waals surface area contributed by atoms with Gasteiger partial charge >= 0.3 is 5.97 Å². The quantitative estimate of drug-likeness (QED) is 0.377. The van der Waals surface area contributed by atoms with Crippen LogP contribution in [-0.2, 0) is 16.8 Å². The third-order valence-corrected chi connectivity index (χ3v) is 6.25. The van der Waals surface area contributed by atoms with Gasteiger partial charge in [-0.1, -0.05) is 20.8 Å². The predicted octanol–water partition coefficient (Wildman–Crippen LogP) is 2.99. The molecule has 0 fully saturated rings. The second-order valence-corrected chi connectivity index (χ2v) is 10.0. The van der Waals surface area contributed by atoms with Gasteiger partial charge in [0, 0.05) is 37.3 Å². The van der Waals surface area contributed by atoms with Crippen LogP contribution in [0.5, 0.6) is 11.5 Å². The van der Waals surface area contributed by atoms with Gasteiger partial charge in [0.25, 0.3) is 5.91 Å². The number of amidine groups is 1. The molecule has 3 rings (SSSR count). The zero-order valence-corrected chi connectivity index (χ0v) is 22.1. The highest BCUT2D eigenvalue weighted by Crippen LogP contribution is 2.39. The van der Waals surface area contributed by atoms with Crippen molar-refractivity contribution >= 4 is 29.2 Å². The Hall–Kier alpha value is -4.08. The van der Waals surface area contributed by atoms with Gasteiger partial charge in [0.1, 0.15) is 23.9 Å². The number of phenolic OH excluding ortho intramolecular Hbond substituents is 1. The molecular weight excluding hydrogens is 476 g/mol. The molecule has 1 heterocycles. The van der Waals surface area contributed by atoms with Crippen LogP contribution >= 0.6 is 0 Å². The summed E-state index contributed by atoms with van der Waals surface area (Å²) in [4.78, 5) is 40.1. The first-order valence-corrected chi connectivity index (χ1v) is 12.0. The number of nitrogens with one attached hydrogen (secondary N) is 2. The van der Waals surface area contributed by atoms with Crippen LogP contribution in [0.15, 0.2) is 24.3 Å². The normalized spacial score (nSPS) is 12.8. The number of hydrogen-bond acceptors (Lipinski definition) is 7. The summed E-state index contributed by atoms with van der Waals surface area (Å²) < 4.78 is 5.64. The van der Waals surface area contributed by atoms with E-state index in [-0.39, 0.29) is 42.1 Å². The van der Waals surface area contributed by atoms with Crippen molar-refractivity contribution in [3.8, 4) is 11.5 Å². The summed E-state index contributed by atoms with van der Waals surface area (Å²) in [5, 5.41) is 31.3.